The molecule has 0 aliphatic heterocycles. The molecule has 1 amide bonds. The number of amides is 1. The van der Waals surface area contributed by atoms with Crippen LogP contribution in [0.15, 0.2) is 18.2 Å². The van der Waals surface area contributed by atoms with E-state index in [2.05, 4.69) is 6.07 Å². The van der Waals surface area contributed by atoms with Crippen molar-refractivity contribution in [1.82, 2.24) is 5.73 Å². The largest absolute Gasteiger partial charge is 0.269 e. The van der Waals surface area contributed by atoms with E-state index in [0.717, 1.165) is 24.8 Å². The van der Waals surface area contributed by atoms with Gasteiger partial charge in [-0.15, -0.1) is 0 Å². The molecule has 0 heterocycles. The molecule has 2 heteroatoms. The van der Waals surface area contributed by atoms with Gasteiger partial charge in [-0.2, -0.15) is 0 Å². The Morgan fingerprint density at radius 3 is 2.92 bits per heavy atom. The van der Waals surface area contributed by atoms with Crippen molar-refractivity contribution < 1.29 is 4.79 Å². The van der Waals surface area contributed by atoms with Gasteiger partial charge in [0.05, 0.1) is 0 Å². The first-order chi connectivity index (χ1) is 5.79. The molecule has 0 fully saturated rings. The molecular weight excluding hydrogens is 150 g/mol. The quantitative estimate of drug-likeness (QED) is 0.615. The van der Waals surface area contributed by atoms with Crippen LogP contribution in [0.2, 0.25) is 0 Å². The minimum atomic E-state index is -0.547. The van der Waals surface area contributed by atoms with Crippen molar-refractivity contribution >= 4 is 5.91 Å². The lowest BCUT2D eigenvalue weighted by Gasteiger charge is -2.02. The highest BCUT2D eigenvalue weighted by atomic mass is 16.1. The monoisotopic (exact) mass is 160 g/mol. The maximum absolute atomic E-state index is 10.9. The number of hydrogen-bond donors (Lipinski definition) is 0. The van der Waals surface area contributed by atoms with Crippen LogP contribution in [-0.4, -0.2) is 5.91 Å². The predicted molar refractivity (Wildman–Crippen MR) is 45.9 cm³/mol. The lowest BCUT2D eigenvalue weighted by atomic mass is 10.0. The summed E-state index contributed by atoms with van der Waals surface area (Å²) in [6.07, 6.45) is 3.16. The van der Waals surface area contributed by atoms with Crippen LogP contribution < -0.4 is 5.73 Å². The van der Waals surface area contributed by atoms with Gasteiger partial charge < -0.3 is 0 Å². The summed E-state index contributed by atoms with van der Waals surface area (Å²) in [4.78, 5) is 10.9. The van der Waals surface area contributed by atoms with Crippen molar-refractivity contribution in [3.05, 3.63) is 34.9 Å². The molecule has 1 radical (unpaired) electrons. The molecule has 1 aromatic rings. The van der Waals surface area contributed by atoms with E-state index in [4.69, 9.17) is 5.73 Å². The van der Waals surface area contributed by atoms with E-state index in [1.54, 1.807) is 6.07 Å². The van der Waals surface area contributed by atoms with Crippen LogP contribution in [0.5, 0.6) is 0 Å². The smallest absolute Gasteiger partial charge is 0.267 e. The second-order valence-corrected chi connectivity index (χ2v) is 3.13. The molecule has 1 aliphatic carbocycles. The van der Waals surface area contributed by atoms with Gasteiger partial charge in [0.15, 0.2) is 0 Å². The Kier molecular flexibility index (Phi) is 1.61. The van der Waals surface area contributed by atoms with Crippen molar-refractivity contribution in [3.63, 3.8) is 0 Å². The second kappa shape index (κ2) is 2.63. The third-order valence-corrected chi connectivity index (χ3v) is 2.39. The van der Waals surface area contributed by atoms with Gasteiger partial charge in [0.25, 0.3) is 5.91 Å². The fraction of sp³-hybridized carbons (Fsp3) is 0.300. The van der Waals surface area contributed by atoms with Crippen LogP contribution >= 0.6 is 0 Å². The molecule has 0 saturated heterocycles. The second-order valence-electron chi connectivity index (χ2n) is 3.13. The molecular formula is C10H10NO. The van der Waals surface area contributed by atoms with Gasteiger partial charge >= 0.3 is 0 Å². The Balaban J connectivity index is 2.56. The van der Waals surface area contributed by atoms with Crippen LogP contribution in [0.4, 0.5) is 0 Å². The lowest BCUT2D eigenvalue weighted by molar-refractivity contribution is 0.0991. The molecule has 1 N–H and O–H groups in total. The molecule has 0 bridgehead atoms. The Morgan fingerprint density at radius 1 is 1.33 bits per heavy atom. The summed E-state index contributed by atoms with van der Waals surface area (Å²) in [5.74, 6) is -0.547. The summed E-state index contributed by atoms with van der Waals surface area (Å²) in [5, 5.41) is 0. The number of carbonyl (C=O) groups excluding carboxylic acids is 1. The first kappa shape index (κ1) is 7.35. The van der Waals surface area contributed by atoms with Gasteiger partial charge in [-0.3, -0.25) is 10.5 Å². The standard InChI is InChI=1S/C10H10NO/c11-10(12)9-6-2-4-7-3-1-5-8(7)9/h2,4,6,11H,1,3,5H2. The SMILES string of the molecule is [NH]C(=O)c1cccc2c1CCC2. The molecule has 1 aliphatic rings. The molecule has 1 aromatic carbocycles. The van der Waals surface area contributed by atoms with Gasteiger partial charge in [-0.1, -0.05) is 12.1 Å². The maximum Gasteiger partial charge on any atom is 0.269 e. The number of aryl methyl sites for hydroxylation is 1. The van der Waals surface area contributed by atoms with Crippen molar-refractivity contribution in [2.75, 3.05) is 0 Å². The summed E-state index contributed by atoms with van der Waals surface area (Å²) < 4.78 is 0. The molecule has 0 saturated carbocycles. The van der Waals surface area contributed by atoms with Gasteiger partial charge in [0, 0.05) is 5.56 Å². The summed E-state index contributed by atoms with van der Waals surface area (Å²) in [6.45, 7) is 0. The Hall–Kier alpha value is -1.31. The molecule has 61 valence electrons. The summed E-state index contributed by atoms with van der Waals surface area (Å²) in [5.41, 5.74) is 10.0. The maximum atomic E-state index is 10.9. The zero-order valence-electron chi connectivity index (χ0n) is 6.76. The first-order valence-corrected chi connectivity index (χ1v) is 4.16. The summed E-state index contributed by atoms with van der Waals surface area (Å²) in [6, 6.07) is 5.67. The fourth-order valence-corrected chi connectivity index (χ4v) is 1.83. The topological polar surface area (TPSA) is 40.9 Å². The molecule has 0 aromatic heterocycles. The number of hydrogen-bond acceptors (Lipinski definition) is 1. The zero-order valence-corrected chi connectivity index (χ0v) is 6.76. The lowest BCUT2D eigenvalue weighted by Crippen LogP contribution is -2.03. The highest BCUT2D eigenvalue weighted by Gasteiger charge is 2.16. The average molecular weight is 160 g/mol. The molecule has 0 atom stereocenters. The minimum Gasteiger partial charge on any atom is -0.267 e. The predicted octanol–water partition coefficient (Wildman–Crippen LogP) is 1.60. The van der Waals surface area contributed by atoms with E-state index < -0.39 is 5.91 Å². The van der Waals surface area contributed by atoms with Crippen LogP contribution in [0.3, 0.4) is 0 Å². The van der Waals surface area contributed by atoms with Crippen LogP contribution in [-0.2, 0) is 12.8 Å². The van der Waals surface area contributed by atoms with Crippen molar-refractivity contribution in [3.8, 4) is 0 Å². The van der Waals surface area contributed by atoms with Crippen molar-refractivity contribution in [2.24, 2.45) is 0 Å². The van der Waals surface area contributed by atoms with Crippen molar-refractivity contribution in [1.29, 1.82) is 0 Å². The van der Waals surface area contributed by atoms with E-state index >= 15 is 0 Å². The highest BCUT2D eigenvalue weighted by molar-refractivity contribution is 5.94. The number of nitrogens with one attached hydrogen (secondary N) is 1. The minimum absolute atomic E-state index is 0.547. The average Bonchev–Trinajstić information content (AvgIpc) is 2.49. The Morgan fingerprint density at radius 2 is 2.17 bits per heavy atom. The molecule has 2 rings (SSSR count). The van der Waals surface area contributed by atoms with E-state index in [9.17, 15) is 4.79 Å². The third-order valence-electron chi connectivity index (χ3n) is 2.39. The number of rotatable bonds is 1. The number of carbonyl (C=O) groups is 1. The zero-order chi connectivity index (χ0) is 8.55. The van der Waals surface area contributed by atoms with E-state index in [0.29, 0.717) is 5.56 Å². The summed E-state index contributed by atoms with van der Waals surface area (Å²) in [7, 11) is 0. The van der Waals surface area contributed by atoms with E-state index in [1.165, 1.54) is 5.56 Å². The normalized spacial score (nSPS) is 14.3. The molecule has 12 heavy (non-hydrogen) atoms. The highest BCUT2D eigenvalue weighted by Crippen LogP contribution is 2.24. The van der Waals surface area contributed by atoms with Crippen LogP contribution in [0.1, 0.15) is 27.9 Å². The Bertz CT molecular complexity index is 331. The summed E-state index contributed by atoms with van der Waals surface area (Å²) >= 11 is 0. The van der Waals surface area contributed by atoms with E-state index in [1.807, 2.05) is 6.07 Å². The van der Waals surface area contributed by atoms with E-state index in [-0.39, 0.29) is 0 Å². The first-order valence-electron chi connectivity index (χ1n) is 4.16. The van der Waals surface area contributed by atoms with Gasteiger partial charge in [-0.25, -0.2) is 0 Å². The molecule has 2 nitrogen and oxygen atoms in total. The number of fused-ring (bicyclic) bond motifs is 1. The van der Waals surface area contributed by atoms with Crippen LogP contribution in [0, 0.1) is 0 Å². The third kappa shape index (κ3) is 0.998. The fourth-order valence-electron chi connectivity index (χ4n) is 1.83. The van der Waals surface area contributed by atoms with Gasteiger partial charge in [0.2, 0.25) is 0 Å². The number of benzene rings is 1. The van der Waals surface area contributed by atoms with Gasteiger partial charge in [0.1, 0.15) is 0 Å². The van der Waals surface area contributed by atoms with Crippen LogP contribution in [0.25, 0.3) is 0 Å². The molecule has 0 spiro atoms. The Labute approximate surface area is 71.4 Å². The van der Waals surface area contributed by atoms with Gasteiger partial charge in [-0.05, 0) is 36.5 Å². The molecule has 0 unspecified atom stereocenters. The van der Waals surface area contributed by atoms with Crippen molar-refractivity contribution in [2.45, 2.75) is 19.3 Å².